The number of hydrogen-bond acceptors (Lipinski definition) is 6. The van der Waals surface area contributed by atoms with Gasteiger partial charge in [0.05, 0.1) is 24.1 Å². The molecule has 2 N–H and O–H groups in total. The molecule has 0 heterocycles. The fourth-order valence-electron chi connectivity index (χ4n) is 0.333. The van der Waals surface area contributed by atoms with E-state index in [9.17, 15) is 19.8 Å². The number of carbonyl (C=O) groups is 2. The predicted octanol–water partition coefficient (Wildman–Crippen LogP) is -3.37. The van der Waals surface area contributed by atoms with Crippen LogP contribution in [0.5, 0.6) is 0 Å². The van der Waals surface area contributed by atoms with Gasteiger partial charge in [0.2, 0.25) is 0 Å². The van der Waals surface area contributed by atoms with Crippen LogP contribution < -0.4 is 10.2 Å². The van der Waals surface area contributed by atoms with Gasteiger partial charge in [0, 0.05) is 0 Å². The monoisotopic (exact) mass is 230 g/mol. The molecule has 0 fully saturated rings. The molecule has 15 heavy (non-hydrogen) atoms. The van der Waals surface area contributed by atoms with Gasteiger partial charge in [-0.2, -0.15) is 0 Å². The summed E-state index contributed by atoms with van der Waals surface area (Å²) < 4.78 is 0. The molecule has 2 unspecified atom stereocenters. The van der Waals surface area contributed by atoms with Crippen molar-refractivity contribution in [2.75, 3.05) is 0 Å². The van der Waals surface area contributed by atoms with Gasteiger partial charge in [-0.3, -0.25) is 0 Å². The summed E-state index contributed by atoms with van der Waals surface area (Å²) in [4.78, 5) is 19.1. The summed E-state index contributed by atoms with van der Waals surface area (Å²) in [6.07, 6.45) is -2.16. The van der Waals surface area contributed by atoms with E-state index in [4.69, 9.17) is 10.2 Å². The van der Waals surface area contributed by atoms with Crippen LogP contribution in [-0.4, -0.2) is 57.4 Å². The molecule has 0 rings (SSSR count). The Labute approximate surface area is 104 Å². The zero-order chi connectivity index (χ0) is 11.7. The van der Waals surface area contributed by atoms with Crippen LogP contribution in [0.2, 0.25) is 0 Å². The van der Waals surface area contributed by atoms with Crippen molar-refractivity contribution in [2.45, 2.75) is 38.9 Å². The first-order valence-corrected chi connectivity index (χ1v) is 4.14. The SMILES string of the molecule is CCC(O)C(=O)[O-].CCC(O)C(=O)[O-].[Mg+2]. The number of aliphatic hydroxyl groups excluding tert-OH is 2. The van der Waals surface area contributed by atoms with Crippen LogP contribution >= 0.6 is 0 Å². The van der Waals surface area contributed by atoms with Gasteiger partial charge in [0.15, 0.2) is 0 Å². The van der Waals surface area contributed by atoms with Crippen molar-refractivity contribution in [2.24, 2.45) is 0 Å². The third-order valence-electron chi connectivity index (χ3n) is 1.32. The Morgan fingerprint density at radius 3 is 1.20 bits per heavy atom. The Bertz CT molecular complexity index is 164. The van der Waals surface area contributed by atoms with Crippen LogP contribution in [0.1, 0.15) is 26.7 Å². The minimum absolute atomic E-state index is 0. The average Bonchev–Trinajstić information content (AvgIpc) is 2.15. The minimum Gasteiger partial charge on any atom is -0.547 e. The van der Waals surface area contributed by atoms with Crippen LogP contribution in [0.4, 0.5) is 0 Å². The normalized spacial score (nSPS) is 12.5. The van der Waals surface area contributed by atoms with Gasteiger partial charge in [0.25, 0.3) is 0 Å². The van der Waals surface area contributed by atoms with Crippen LogP contribution in [0.3, 0.4) is 0 Å². The zero-order valence-electron chi connectivity index (χ0n) is 8.80. The largest absolute Gasteiger partial charge is 2.00 e. The molecule has 0 saturated carbocycles. The third-order valence-corrected chi connectivity index (χ3v) is 1.32. The van der Waals surface area contributed by atoms with Crippen molar-refractivity contribution in [3.8, 4) is 0 Å². The molecule has 0 aliphatic heterocycles. The fourth-order valence-corrected chi connectivity index (χ4v) is 0.333. The molecule has 0 aromatic rings. The topological polar surface area (TPSA) is 121 Å². The van der Waals surface area contributed by atoms with Gasteiger partial charge in [0.1, 0.15) is 0 Å². The van der Waals surface area contributed by atoms with Crippen molar-refractivity contribution in [3.05, 3.63) is 0 Å². The standard InChI is InChI=1S/2C4H8O3.Mg/c2*1-2-3(5)4(6)7;/h2*3,5H,2H2,1H3,(H,6,7);/q;;+2/p-2. The Balaban J connectivity index is -0.000000180. The van der Waals surface area contributed by atoms with Gasteiger partial charge in [-0.25, -0.2) is 0 Å². The fraction of sp³-hybridized carbons (Fsp3) is 0.750. The van der Waals surface area contributed by atoms with Gasteiger partial charge in [-0.05, 0) is 12.8 Å². The van der Waals surface area contributed by atoms with E-state index in [1.54, 1.807) is 13.8 Å². The summed E-state index contributed by atoms with van der Waals surface area (Å²) in [7, 11) is 0. The number of aliphatic carboxylic acids is 2. The quantitative estimate of drug-likeness (QED) is 0.487. The summed E-state index contributed by atoms with van der Waals surface area (Å²) >= 11 is 0. The van der Waals surface area contributed by atoms with Crippen molar-refractivity contribution < 1.29 is 30.0 Å². The minimum atomic E-state index is -1.40. The number of carboxylic acid groups (broad SMARTS) is 2. The van der Waals surface area contributed by atoms with Crippen molar-refractivity contribution in [1.29, 1.82) is 0 Å². The summed E-state index contributed by atoms with van der Waals surface area (Å²) in [6.45, 7) is 3.14. The third kappa shape index (κ3) is 13.6. The van der Waals surface area contributed by atoms with E-state index >= 15 is 0 Å². The molecule has 84 valence electrons. The molecule has 0 aromatic carbocycles. The van der Waals surface area contributed by atoms with Crippen LogP contribution in [0, 0.1) is 0 Å². The number of aliphatic hydroxyl groups is 2. The first-order valence-electron chi connectivity index (χ1n) is 4.14. The van der Waals surface area contributed by atoms with Gasteiger partial charge in [-0.1, -0.05) is 13.8 Å². The number of carboxylic acids is 2. The number of rotatable bonds is 4. The molecule has 0 bridgehead atoms. The molecule has 0 radical (unpaired) electrons. The molecule has 0 amide bonds. The second kappa shape index (κ2) is 11.7. The van der Waals surface area contributed by atoms with E-state index in [1.807, 2.05) is 0 Å². The summed E-state index contributed by atoms with van der Waals surface area (Å²) in [5.41, 5.74) is 0. The average molecular weight is 230 g/mol. The Hall–Kier alpha value is -0.374. The molecular weight excluding hydrogens is 216 g/mol. The molecule has 0 saturated heterocycles. The maximum Gasteiger partial charge on any atom is 2.00 e. The predicted molar refractivity (Wildman–Crippen MR) is 48.4 cm³/mol. The van der Waals surface area contributed by atoms with Crippen LogP contribution in [-0.2, 0) is 9.59 Å². The smallest absolute Gasteiger partial charge is 0.547 e. The molecule has 0 spiro atoms. The summed E-state index contributed by atoms with van der Waals surface area (Å²) in [5.74, 6) is -2.80. The van der Waals surface area contributed by atoms with E-state index in [0.29, 0.717) is 0 Å². The van der Waals surface area contributed by atoms with Gasteiger partial charge < -0.3 is 30.0 Å². The van der Waals surface area contributed by atoms with E-state index in [1.165, 1.54) is 0 Å². The summed E-state index contributed by atoms with van der Waals surface area (Å²) in [5, 5.41) is 35.7. The zero-order valence-corrected chi connectivity index (χ0v) is 10.2. The van der Waals surface area contributed by atoms with E-state index in [2.05, 4.69) is 0 Å². The second-order valence-electron chi connectivity index (χ2n) is 2.49. The van der Waals surface area contributed by atoms with E-state index in [0.717, 1.165) is 0 Å². The molecule has 6 nitrogen and oxygen atoms in total. The molecule has 0 aliphatic rings. The first-order chi connectivity index (χ1) is 6.36. The Morgan fingerprint density at radius 1 is 1.00 bits per heavy atom. The van der Waals surface area contributed by atoms with E-state index in [-0.39, 0.29) is 35.9 Å². The molecule has 2 atom stereocenters. The number of carbonyl (C=O) groups excluding carboxylic acids is 2. The van der Waals surface area contributed by atoms with Gasteiger partial charge >= 0.3 is 23.1 Å². The summed E-state index contributed by atoms with van der Waals surface area (Å²) in [6, 6.07) is 0. The van der Waals surface area contributed by atoms with Crippen molar-refractivity contribution in [1.82, 2.24) is 0 Å². The first kappa shape index (κ1) is 20.1. The van der Waals surface area contributed by atoms with Crippen LogP contribution in [0.15, 0.2) is 0 Å². The van der Waals surface area contributed by atoms with Crippen LogP contribution in [0.25, 0.3) is 0 Å². The number of hydrogen-bond donors (Lipinski definition) is 2. The van der Waals surface area contributed by atoms with Crippen molar-refractivity contribution >= 4 is 35.0 Å². The second-order valence-corrected chi connectivity index (χ2v) is 2.49. The Morgan fingerprint density at radius 2 is 1.20 bits per heavy atom. The molecular formula is C8H14MgO6. The maximum absolute atomic E-state index is 9.57. The Kier molecular flexibility index (Phi) is 15.7. The maximum atomic E-state index is 9.57. The molecule has 7 heteroatoms. The van der Waals surface area contributed by atoms with E-state index < -0.39 is 24.1 Å². The molecule has 0 aromatic heterocycles. The van der Waals surface area contributed by atoms with Crippen molar-refractivity contribution in [3.63, 3.8) is 0 Å². The van der Waals surface area contributed by atoms with Gasteiger partial charge in [-0.15, -0.1) is 0 Å². The molecule has 0 aliphatic carbocycles.